The van der Waals surface area contributed by atoms with Crippen LogP contribution in [0.15, 0.2) is 36.4 Å². The van der Waals surface area contributed by atoms with Gasteiger partial charge >= 0.3 is 0 Å². The Kier molecular flexibility index (Phi) is 3.95. The lowest BCUT2D eigenvalue weighted by molar-refractivity contribution is 0.441. The highest BCUT2D eigenvalue weighted by molar-refractivity contribution is 5.44. The first-order valence-electron chi connectivity index (χ1n) is 6.45. The maximum absolute atomic E-state index is 9.78. The summed E-state index contributed by atoms with van der Waals surface area (Å²) in [5.74, 6) is 1.57. The van der Waals surface area contributed by atoms with Crippen molar-refractivity contribution in [1.82, 2.24) is 0 Å². The fourth-order valence-corrected chi connectivity index (χ4v) is 1.95. The molecule has 0 aliphatic carbocycles. The van der Waals surface area contributed by atoms with Crippen molar-refractivity contribution in [2.75, 3.05) is 0 Å². The lowest BCUT2D eigenvalue weighted by Gasteiger charge is -2.09. The molecule has 3 heteroatoms. The van der Waals surface area contributed by atoms with Gasteiger partial charge in [0.2, 0.25) is 0 Å². The maximum atomic E-state index is 9.78. The molecule has 2 N–H and O–H groups in total. The van der Waals surface area contributed by atoms with Crippen LogP contribution < -0.4 is 4.74 Å². The Labute approximate surface area is 113 Å². The number of ether oxygens (including phenoxy) is 1. The summed E-state index contributed by atoms with van der Waals surface area (Å²) < 4.78 is 5.62. The van der Waals surface area contributed by atoms with E-state index in [1.54, 1.807) is 12.1 Å². The minimum Gasteiger partial charge on any atom is -0.508 e. The fourth-order valence-electron chi connectivity index (χ4n) is 1.95. The molecular weight excluding hydrogens is 240 g/mol. The first-order chi connectivity index (χ1) is 9.13. The molecule has 0 radical (unpaired) electrons. The van der Waals surface area contributed by atoms with Crippen LogP contribution in [0.1, 0.15) is 25.0 Å². The number of phenolic OH excluding ortho intramolecular Hbond substituents is 2. The van der Waals surface area contributed by atoms with Crippen molar-refractivity contribution in [3.05, 3.63) is 47.5 Å². The Morgan fingerprint density at radius 2 is 1.21 bits per heavy atom. The normalized spacial score (nSPS) is 10.4. The Morgan fingerprint density at radius 3 is 1.53 bits per heavy atom. The zero-order chi connectivity index (χ0) is 13.8. The number of aryl methyl sites for hydroxylation is 2. The lowest BCUT2D eigenvalue weighted by atomic mass is 10.1. The topological polar surface area (TPSA) is 49.7 Å². The summed E-state index contributed by atoms with van der Waals surface area (Å²) in [5.41, 5.74) is 1.77. The Bertz CT molecular complexity index is 525. The third kappa shape index (κ3) is 2.99. The smallest absolute Gasteiger partial charge is 0.131 e. The molecule has 2 aromatic rings. The molecule has 0 unspecified atom stereocenters. The second-order valence-electron chi connectivity index (χ2n) is 4.39. The molecule has 0 amide bonds. The molecule has 0 bridgehead atoms. The van der Waals surface area contributed by atoms with Crippen LogP contribution in [0.2, 0.25) is 0 Å². The number of hydrogen-bond acceptors (Lipinski definition) is 3. The number of hydrogen-bond donors (Lipinski definition) is 2. The first kappa shape index (κ1) is 13.3. The van der Waals surface area contributed by atoms with E-state index in [0.717, 1.165) is 24.0 Å². The summed E-state index contributed by atoms with van der Waals surface area (Å²) in [4.78, 5) is 0. The van der Waals surface area contributed by atoms with Gasteiger partial charge in [-0.25, -0.2) is 0 Å². The Balaban J connectivity index is 2.21. The zero-order valence-corrected chi connectivity index (χ0v) is 11.2. The van der Waals surface area contributed by atoms with E-state index in [4.69, 9.17) is 4.74 Å². The van der Waals surface area contributed by atoms with Crippen LogP contribution in [0, 0.1) is 0 Å². The second kappa shape index (κ2) is 5.65. The molecule has 0 saturated carbocycles. The van der Waals surface area contributed by atoms with Crippen LogP contribution in [-0.4, -0.2) is 10.2 Å². The van der Waals surface area contributed by atoms with Gasteiger partial charge in [0.25, 0.3) is 0 Å². The molecule has 3 nitrogen and oxygen atoms in total. The summed E-state index contributed by atoms with van der Waals surface area (Å²) in [6.07, 6.45) is 1.55. The van der Waals surface area contributed by atoms with Gasteiger partial charge in [0.1, 0.15) is 23.0 Å². The van der Waals surface area contributed by atoms with Crippen LogP contribution in [0.3, 0.4) is 0 Å². The molecule has 0 atom stereocenters. The van der Waals surface area contributed by atoms with Crippen molar-refractivity contribution in [2.45, 2.75) is 26.7 Å². The zero-order valence-electron chi connectivity index (χ0n) is 11.2. The van der Waals surface area contributed by atoms with Gasteiger partial charge < -0.3 is 14.9 Å². The van der Waals surface area contributed by atoms with Crippen molar-refractivity contribution in [3.8, 4) is 23.0 Å². The summed E-state index contributed by atoms with van der Waals surface area (Å²) >= 11 is 0. The number of benzene rings is 2. The standard InChI is InChI=1S/C16H18O3/c1-3-11-5-7-13(9-15(11)17)19-14-8-6-12(4-2)16(18)10-14/h5-10,17-18H,3-4H2,1-2H3. The molecule has 100 valence electrons. The van der Waals surface area contributed by atoms with Gasteiger partial charge in [0.15, 0.2) is 0 Å². The number of rotatable bonds is 4. The molecule has 0 aromatic heterocycles. The highest BCUT2D eigenvalue weighted by Crippen LogP contribution is 2.30. The van der Waals surface area contributed by atoms with Crippen molar-refractivity contribution < 1.29 is 14.9 Å². The molecule has 0 fully saturated rings. The maximum Gasteiger partial charge on any atom is 0.131 e. The fraction of sp³-hybridized carbons (Fsp3) is 0.250. The first-order valence-corrected chi connectivity index (χ1v) is 6.45. The van der Waals surface area contributed by atoms with Crippen molar-refractivity contribution in [2.24, 2.45) is 0 Å². The van der Waals surface area contributed by atoms with E-state index >= 15 is 0 Å². The van der Waals surface area contributed by atoms with Gasteiger partial charge in [-0.2, -0.15) is 0 Å². The van der Waals surface area contributed by atoms with Gasteiger partial charge in [-0.3, -0.25) is 0 Å². The van der Waals surface area contributed by atoms with Crippen LogP contribution in [0.25, 0.3) is 0 Å². The van der Waals surface area contributed by atoms with Gasteiger partial charge in [-0.1, -0.05) is 26.0 Å². The molecular formula is C16H18O3. The summed E-state index contributed by atoms with van der Waals surface area (Å²) in [7, 11) is 0. The summed E-state index contributed by atoms with van der Waals surface area (Å²) in [6.45, 7) is 3.97. The van der Waals surface area contributed by atoms with Crippen molar-refractivity contribution in [1.29, 1.82) is 0 Å². The Morgan fingerprint density at radius 1 is 0.789 bits per heavy atom. The van der Waals surface area contributed by atoms with E-state index in [1.165, 1.54) is 0 Å². The molecule has 2 aromatic carbocycles. The van der Waals surface area contributed by atoms with Crippen LogP contribution in [-0.2, 0) is 12.8 Å². The van der Waals surface area contributed by atoms with E-state index < -0.39 is 0 Å². The third-order valence-corrected chi connectivity index (χ3v) is 3.11. The largest absolute Gasteiger partial charge is 0.508 e. The number of aromatic hydroxyl groups is 2. The van der Waals surface area contributed by atoms with E-state index in [2.05, 4.69) is 0 Å². The van der Waals surface area contributed by atoms with Gasteiger partial charge in [-0.15, -0.1) is 0 Å². The SMILES string of the molecule is CCc1ccc(Oc2ccc(CC)c(O)c2)cc1O. The van der Waals surface area contributed by atoms with Crippen molar-refractivity contribution >= 4 is 0 Å². The quantitative estimate of drug-likeness (QED) is 0.871. The average Bonchev–Trinajstić information content (AvgIpc) is 2.39. The van der Waals surface area contributed by atoms with Gasteiger partial charge in [0.05, 0.1) is 0 Å². The van der Waals surface area contributed by atoms with Crippen LogP contribution in [0.4, 0.5) is 0 Å². The minimum absolute atomic E-state index is 0.231. The van der Waals surface area contributed by atoms with E-state index in [9.17, 15) is 10.2 Å². The molecule has 19 heavy (non-hydrogen) atoms. The van der Waals surface area contributed by atoms with Gasteiger partial charge in [0, 0.05) is 12.1 Å². The molecule has 2 rings (SSSR count). The molecule has 0 saturated heterocycles. The van der Waals surface area contributed by atoms with E-state index in [-0.39, 0.29) is 11.5 Å². The van der Waals surface area contributed by atoms with Crippen molar-refractivity contribution in [3.63, 3.8) is 0 Å². The third-order valence-electron chi connectivity index (χ3n) is 3.11. The monoisotopic (exact) mass is 258 g/mol. The molecule has 0 heterocycles. The molecule has 0 spiro atoms. The number of phenols is 2. The predicted molar refractivity (Wildman–Crippen MR) is 75.0 cm³/mol. The minimum atomic E-state index is 0.231. The summed E-state index contributed by atoms with van der Waals surface area (Å²) in [6, 6.07) is 10.5. The Hall–Kier alpha value is -2.16. The second-order valence-corrected chi connectivity index (χ2v) is 4.39. The average molecular weight is 258 g/mol. The lowest BCUT2D eigenvalue weighted by Crippen LogP contribution is -1.88. The highest BCUT2D eigenvalue weighted by atomic mass is 16.5. The highest BCUT2D eigenvalue weighted by Gasteiger charge is 2.05. The van der Waals surface area contributed by atoms with E-state index in [0.29, 0.717) is 11.5 Å². The predicted octanol–water partition coefficient (Wildman–Crippen LogP) is 4.01. The van der Waals surface area contributed by atoms with Gasteiger partial charge in [-0.05, 0) is 36.1 Å². The molecule has 0 aliphatic rings. The van der Waals surface area contributed by atoms with E-state index in [1.807, 2.05) is 38.1 Å². The summed E-state index contributed by atoms with van der Waals surface area (Å²) in [5, 5.41) is 19.6. The van der Waals surface area contributed by atoms with Crippen LogP contribution in [0.5, 0.6) is 23.0 Å². The molecule has 0 aliphatic heterocycles. The van der Waals surface area contributed by atoms with Crippen LogP contribution >= 0.6 is 0 Å².